The van der Waals surface area contributed by atoms with Crippen molar-refractivity contribution in [3.63, 3.8) is 0 Å². The second-order valence-electron chi connectivity index (χ2n) is 4.83. The largest absolute Gasteiger partial charge is 0.507 e. The van der Waals surface area contributed by atoms with Gasteiger partial charge in [-0.15, -0.1) is 0 Å². The maximum atomic E-state index is 12.2. The summed E-state index contributed by atoms with van der Waals surface area (Å²) < 4.78 is 15.9. The molecular formula is C17H15BrO6. The van der Waals surface area contributed by atoms with Crippen LogP contribution in [-0.2, 0) is 0 Å². The molecule has 1 heterocycles. The van der Waals surface area contributed by atoms with Crippen molar-refractivity contribution < 1.29 is 23.8 Å². The van der Waals surface area contributed by atoms with Crippen molar-refractivity contribution in [3.05, 3.63) is 56.1 Å². The highest BCUT2D eigenvalue weighted by Crippen LogP contribution is 2.34. The van der Waals surface area contributed by atoms with Crippen LogP contribution in [-0.4, -0.2) is 25.1 Å². The maximum Gasteiger partial charge on any atom is 0.351 e. The molecule has 0 aliphatic rings. The Morgan fingerprint density at radius 2 is 1.83 bits per heavy atom. The van der Waals surface area contributed by atoms with Gasteiger partial charge in [-0.2, -0.15) is 0 Å². The Kier molecular flexibility index (Phi) is 5.46. The third-order valence-corrected chi connectivity index (χ3v) is 3.90. The van der Waals surface area contributed by atoms with E-state index in [2.05, 4.69) is 15.9 Å². The molecule has 2 aromatic rings. The van der Waals surface area contributed by atoms with E-state index in [1.165, 1.54) is 39.4 Å². The minimum Gasteiger partial charge on any atom is -0.507 e. The molecule has 0 saturated heterocycles. The number of ether oxygens (including phenoxy) is 2. The van der Waals surface area contributed by atoms with Gasteiger partial charge in [-0.05, 0) is 36.8 Å². The summed E-state index contributed by atoms with van der Waals surface area (Å²) in [6.07, 6.45) is 2.67. The highest BCUT2D eigenvalue weighted by Gasteiger charge is 2.16. The Morgan fingerprint density at radius 1 is 1.21 bits per heavy atom. The molecule has 0 radical (unpaired) electrons. The quantitative estimate of drug-likeness (QED) is 0.618. The molecule has 7 heteroatoms. The molecule has 126 valence electrons. The van der Waals surface area contributed by atoms with E-state index in [-0.39, 0.29) is 5.76 Å². The predicted octanol–water partition coefficient (Wildman–Crippen LogP) is 3.33. The topological polar surface area (TPSA) is 86.0 Å². The van der Waals surface area contributed by atoms with Crippen LogP contribution >= 0.6 is 15.9 Å². The first-order chi connectivity index (χ1) is 11.4. The SMILES string of the molecule is COc1cc(Br)c(/C=C/C(=O)c2c(O)cc(C)oc2=O)cc1OC. The third-order valence-electron chi connectivity index (χ3n) is 3.22. The highest BCUT2D eigenvalue weighted by molar-refractivity contribution is 9.10. The van der Waals surface area contributed by atoms with Gasteiger partial charge in [0.25, 0.3) is 0 Å². The van der Waals surface area contributed by atoms with Crippen molar-refractivity contribution in [2.45, 2.75) is 6.92 Å². The zero-order valence-electron chi connectivity index (χ0n) is 13.3. The molecule has 0 aliphatic carbocycles. The Morgan fingerprint density at radius 3 is 2.42 bits per heavy atom. The first-order valence-electron chi connectivity index (χ1n) is 6.85. The minimum atomic E-state index is -0.881. The third kappa shape index (κ3) is 3.68. The van der Waals surface area contributed by atoms with Gasteiger partial charge < -0.3 is 19.0 Å². The smallest absolute Gasteiger partial charge is 0.351 e. The average Bonchev–Trinajstić information content (AvgIpc) is 2.52. The number of ketones is 1. The van der Waals surface area contributed by atoms with Crippen LogP contribution in [0.2, 0.25) is 0 Å². The summed E-state index contributed by atoms with van der Waals surface area (Å²) in [6, 6.07) is 4.58. The van der Waals surface area contributed by atoms with Crippen molar-refractivity contribution in [1.29, 1.82) is 0 Å². The first-order valence-corrected chi connectivity index (χ1v) is 7.64. The Labute approximate surface area is 146 Å². The zero-order valence-corrected chi connectivity index (χ0v) is 14.8. The molecule has 0 aliphatic heterocycles. The lowest BCUT2D eigenvalue weighted by Crippen LogP contribution is -2.12. The van der Waals surface area contributed by atoms with E-state index in [0.717, 1.165) is 0 Å². The molecule has 24 heavy (non-hydrogen) atoms. The molecule has 0 bridgehead atoms. The van der Waals surface area contributed by atoms with Gasteiger partial charge in [0.1, 0.15) is 17.1 Å². The van der Waals surface area contributed by atoms with E-state index in [1.807, 2.05) is 0 Å². The van der Waals surface area contributed by atoms with Gasteiger partial charge in [-0.1, -0.05) is 15.9 Å². The summed E-state index contributed by atoms with van der Waals surface area (Å²) in [6.45, 7) is 1.51. The first kappa shape index (κ1) is 17.8. The van der Waals surface area contributed by atoms with Crippen molar-refractivity contribution in [1.82, 2.24) is 0 Å². The Bertz CT molecular complexity index is 866. The molecule has 6 nitrogen and oxygen atoms in total. The number of carbonyl (C=O) groups is 1. The van der Waals surface area contributed by atoms with Crippen LogP contribution in [0.1, 0.15) is 21.7 Å². The number of methoxy groups -OCH3 is 2. The Balaban J connectivity index is 2.38. The number of aryl methyl sites for hydroxylation is 1. The molecule has 0 unspecified atom stereocenters. The molecule has 0 spiro atoms. The highest BCUT2D eigenvalue weighted by atomic mass is 79.9. The van der Waals surface area contributed by atoms with Crippen molar-refractivity contribution in [2.24, 2.45) is 0 Å². The molecule has 0 atom stereocenters. The lowest BCUT2D eigenvalue weighted by Gasteiger charge is -2.09. The number of benzene rings is 1. The number of allylic oxidation sites excluding steroid dienone is 1. The number of hydrogen-bond acceptors (Lipinski definition) is 6. The van der Waals surface area contributed by atoms with Crippen LogP contribution in [0.4, 0.5) is 0 Å². The summed E-state index contributed by atoms with van der Waals surface area (Å²) in [4.78, 5) is 23.9. The van der Waals surface area contributed by atoms with Crippen LogP contribution in [0.5, 0.6) is 17.2 Å². The van der Waals surface area contributed by atoms with E-state index in [0.29, 0.717) is 21.5 Å². The molecular weight excluding hydrogens is 380 g/mol. The van der Waals surface area contributed by atoms with Gasteiger partial charge >= 0.3 is 5.63 Å². The monoisotopic (exact) mass is 394 g/mol. The fraction of sp³-hybridized carbons (Fsp3) is 0.176. The number of carbonyl (C=O) groups excluding carboxylic acids is 1. The summed E-state index contributed by atoms with van der Waals surface area (Å²) in [5.74, 6) is 0.170. The van der Waals surface area contributed by atoms with Crippen LogP contribution in [0.15, 0.2) is 38.0 Å². The molecule has 0 amide bonds. The average molecular weight is 395 g/mol. The second-order valence-corrected chi connectivity index (χ2v) is 5.69. The summed E-state index contributed by atoms with van der Waals surface area (Å²) in [5.41, 5.74) is -0.654. The number of halogens is 1. The summed E-state index contributed by atoms with van der Waals surface area (Å²) in [5, 5.41) is 9.78. The molecule has 0 fully saturated rings. The van der Waals surface area contributed by atoms with Gasteiger partial charge in [-0.25, -0.2) is 4.79 Å². The van der Waals surface area contributed by atoms with Gasteiger partial charge in [0.2, 0.25) is 0 Å². The van der Waals surface area contributed by atoms with Gasteiger partial charge in [0.05, 0.1) is 14.2 Å². The van der Waals surface area contributed by atoms with Crippen LogP contribution < -0.4 is 15.1 Å². The second kappa shape index (κ2) is 7.35. The maximum absolute atomic E-state index is 12.2. The van der Waals surface area contributed by atoms with E-state index in [9.17, 15) is 14.7 Å². The number of rotatable bonds is 5. The van der Waals surface area contributed by atoms with Crippen LogP contribution in [0.3, 0.4) is 0 Å². The fourth-order valence-corrected chi connectivity index (χ4v) is 2.52. The Hall–Kier alpha value is -2.54. The molecule has 2 rings (SSSR count). The normalized spacial score (nSPS) is 10.8. The van der Waals surface area contributed by atoms with Gasteiger partial charge in [0, 0.05) is 10.5 Å². The summed E-state index contributed by atoms with van der Waals surface area (Å²) in [7, 11) is 3.02. The van der Waals surface area contributed by atoms with Gasteiger partial charge in [0.15, 0.2) is 17.3 Å². The molecule has 1 N–H and O–H groups in total. The lowest BCUT2D eigenvalue weighted by atomic mass is 10.1. The number of hydrogen-bond donors (Lipinski definition) is 1. The zero-order chi connectivity index (χ0) is 17.9. The van der Waals surface area contributed by atoms with E-state index >= 15 is 0 Å². The predicted molar refractivity (Wildman–Crippen MR) is 92.0 cm³/mol. The van der Waals surface area contributed by atoms with Crippen molar-refractivity contribution >= 4 is 27.8 Å². The molecule has 0 saturated carbocycles. The van der Waals surface area contributed by atoms with Gasteiger partial charge in [-0.3, -0.25) is 4.79 Å². The van der Waals surface area contributed by atoms with Crippen molar-refractivity contribution in [3.8, 4) is 17.2 Å². The van der Waals surface area contributed by atoms with E-state index < -0.39 is 22.7 Å². The fourth-order valence-electron chi connectivity index (χ4n) is 2.07. The van der Waals surface area contributed by atoms with Crippen LogP contribution in [0, 0.1) is 6.92 Å². The van der Waals surface area contributed by atoms with E-state index in [1.54, 1.807) is 12.1 Å². The van der Waals surface area contributed by atoms with Crippen molar-refractivity contribution in [2.75, 3.05) is 14.2 Å². The minimum absolute atomic E-state index is 0.223. The molecule has 1 aromatic heterocycles. The van der Waals surface area contributed by atoms with Crippen LogP contribution in [0.25, 0.3) is 6.08 Å². The lowest BCUT2D eigenvalue weighted by molar-refractivity contribution is 0.104. The number of aromatic hydroxyl groups is 1. The standard InChI is InChI=1S/C17H15BrO6/c1-9-6-13(20)16(17(21)24-9)12(19)5-4-10-7-14(22-2)15(23-3)8-11(10)18/h4-8,20H,1-3H3/b5-4+. The molecule has 1 aromatic carbocycles. The van der Waals surface area contributed by atoms with E-state index in [4.69, 9.17) is 13.9 Å². The summed E-state index contributed by atoms with van der Waals surface area (Å²) >= 11 is 3.37.